The minimum absolute atomic E-state index is 0.00888. The summed E-state index contributed by atoms with van der Waals surface area (Å²) in [6, 6.07) is 6.53. The van der Waals surface area contributed by atoms with Crippen LogP contribution >= 0.6 is 11.3 Å². The van der Waals surface area contributed by atoms with Gasteiger partial charge in [0.1, 0.15) is 5.82 Å². The second-order valence-electron chi connectivity index (χ2n) is 5.37. The summed E-state index contributed by atoms with van der Waals surface area (Å²) < 4.78 is 13.8. The summed E-state index contributed by atoms with van der Waals surface area (Å²) in [5, 5.41) is 11.6. The summed E-state index contributed by atoms with van der Waals surface area (Å²) in [6.45, 7) is 4.72. The van der Waals surface area contributed by atoms with E-state index in [1.54, 1.807) is 18.2 Å². The minimum Gasteiger partial charge on any atom is -0.481 e. The molecule has 1 aromatic carbocycles. The van der Waals surface area contributed by atoms with Crippen molar-refractivity contribution in [2.45, 2.75) is 32.7 Å². The number of halogens is 1. The number of hydrogen-bond acceptors (Lipinski definition) is 4. The summed E-state index contributed by atoms with van der Waals surface area (Å²) in [5.74, 6) is -0.859. The van der Waals surface area contributed by atoms with E-state index in [0.29, 0.717) is 24.6 Å². The van der Waals surface area contributed by atoms with Crippen molar-refractivity contribution < 1.29 is 14.3 Å². The van der Waals surface area contributed by atoms with Crippen molar-refractivity contribution in [3.63, 3.8) is 0 Å². The standard InChI is InChI=1S/C16H19FN2O2S/c1-11(2)14-10-22-16(18-14)19(8-7-15(20)21)9-12-5-3-4-6-13(12)17/h3-6,10-11H,7-9H2,1-2H3,(H,20,21). The van der Waals surface area contributed by atoms with Gasteiger partial charge in [-0.3, -0.25) is 4.79 Å². The van der Waals surface area contributed by atoms with Gasteiger partial charge in [0.15, 0.2) is 5.13 Å². The number of carbonyl (C=O) groups is 1. The average molecular weight is 322 g/mol. The van der Waals surface area contributed by atoms with Gasteiger partial charge in [0.25, 0.3) is 0 Å². The van der Waals surface area contributed by atoms with Crippen LogP contribution < -0.4 is 4.90 Å². The van der Waals surface area contributed by atoms with Crippen LogP contribution in [-0.4, -0.2) is 22.6 Å². The van der Waals surface area contributed by atoms with Gasteiger partial charge in [-0.05, 0) is 12.0 Å². The molecule has 0 saturated carbocycles. The van der Waals surface area contributed by atoms with Crippen LogP contribution in [0.1, 0.15) is 37.4 Å². The molecule has 0 fully saturated rings. The van der Waals surface area contributed by atoms with Gasteiger partial charge >= 0.3 is 5.97 Å². The average Bonchev–Trinajstić information content (AvgIpc) is 2.95. The van der Waals surface area contributed by atoms with Crippen molar-refractivity contribution in [1.82, 2.24) is 4.98 Å². The Kier molecular flexibility index (Phi) is 5.49. The molecule has 0 atom stereocenters. The molecule has 0 unspecified atom stereocenters. The van der Waals surface area contributed by atoms with Crippen molar-refractivity contribution in [3.8, 4) is 0 Å². The van der Waals surface area contributed by atoms with Crippen LogP contribution in [-0.2, 0) is 11.3 Å². The van der Waals surface area contributed by atoms with Crippen LogP contribution in [0.25, 0.3) is 0 Å². The second kappa shape index (κ2) is 7.35. The molecular weight excluding hydrogens is 303 g/mol. The zero-order chi connectivity index (χ0) is 16.1. The van der Waals surface area contributed by atoms with E-state index in [-0.39, 0.29) is 12.2 Å². The normalized spacial score (nSPS) is 10.9. The molecule has 1 aromatic heterocycles. The van der Waals surface area contributed by atoms with Crippen molar-refractivity contribution in [3.05, 3.63) is 46.7 Å². The number of thiazole rings is 1. The van der Waals surface area contributed by atoms with Crippen LogP contribution in [0.3, 0.4) is 0 Å². The quantitative estimate of drug-likeness (QED) is 0.840. The summed E-state index contributed by atoms with van der Waals surface area (Å²) in [5.41, 5.74) is 1.50. The lowest BCUT2D eigenvalue weighted by molar-refractivity contribution is -0.136. The summed E-state index contributed by atoms with van der Waals surface area (Å²) in [6.07, 6.45) is -0.00888. The fourth-order valence-corrected chi connectivity index (χ4v) is 3.01. The number of aromatic nitrogens is 1. The molecule has 0 aliphatic rings. The number of hydrogen-bond donors (Lipinski definition) is 1. The van der Waals surface area contributed by atoms with Gasteiger partial charge in [-0.15, -0.1) is 11.3 Å². The number of nitrogens with zero attached hydrogens (tertiary/aromatic N) is 2. The summed E-state index contributed by atoms with van der Waals surface area (Å²) in [7, 11) is 0. The molecule has 1 N–H and O–H groups in total. The third kappa shape index (κ3) is 4.27. The van der Waals surface area contributed by atoms with Gasteiger partial charge in [-0.2, -0.15) is 0 Å². The van der Waals surface area contributed by atoms with Gasteiger partial charge in [0, 0.05) is 24.0 Å². The molecule has 4 nitrogen and oxygen atoms in total. The fraction of sp³-hybridized carbons (Fsp3) is 0.375. The molecule has 118 valence electrons. The predicted molar refractivity (Wildman–Crippen MR) is 85.9 cm³/mol. The highest BCUT2D eigenvalue weighted by Crippen LogP contribution is 2.26. The first kappa shape index (κ1) is 16.4. The lowest BCUT2D eigenvalue weighted by Crippen LogP contribution is -2.26. The Morgan fingerprint density at radius 1 is 1.41 bits per heavy atom. The number of carboxylic acids is 1. The van der Waals surface area contributed by atoms with E-state index in [4.69, 9.17) is 5.11 Å². The van der Waals surface area contributed by atoms with E-state index in [9.17, 15) is 9.18 Å². The zero-order valence-corrected chi connectivity index (χ0v) is 13.4. The molecule has 0 spiro atoms. The zero-order valence-electron chi connectivity index (χ0n) is 12.6. The number of rotatable bonds is 7. The van der Waals surface area contributed by atoms with Crippen LogP contribution in [0, 0.1) is 5.82 Å². The Balaban J connectivity index is 2.21. The van der Waals surface area contributed by atoms with E-state index >= 15 is 0 Å². The molecule has 0 aliphatic carbocycles. The van der Waals surface area contributed by atoms with E-state index in [0.717, 1.165) is 10.8 Å². The van der Waals surface area contributed by atoms with Crippen LogP contribution in [0.15, 0.2) is 29.6 Å². The van der Waals surface area contributed by atoms with E-state index in [2.05, 4.69) is 18.8 Å². The van der Waals surface area contributed by atoms with Gasteiger partial charge < -0.3 is 10.0 Å². The largest absolute Gasteiger partial charge is 0.481 e. The van der Waals surface area contributed by atoms with Crippen molar-refractivity contribution >= 4 is 22.4 Å². The monoisotopic (exact) mass is 322 g/mol. The van der Waals surface area contributed by atoms with Gasteiger partial charge in [0.05, 0.1) is 12.1 Å². The number of carboxylic acid groups (broad SMARTS) is 1. The molecule has 0 bridgehead atoms. The van der Waals surface area contributed by atoms with E-state index in [1.165, 1.54) is 17.4 Å². The maximum absolute atomic E-state index is 13.8. The second-order valence-corrected chi connectivity index (χ2v) is 6.20. The highest BCUT2D eigenvalue weighted by Gasteiger charge is 2.16. The van der Waals surface area contributed by atoms with Crippen LogP contribution in [0.4, 0.5) is 9.52 Å². The Morgan fingerprint density at radius 2 is 2.14 bits per heavy atom. The molecule has 1 heterocycles. The lowest BCUT2D eigenvalue weighted by atomic mass is 10.2. The first-order valence-corrected chi connectivity index (χ1v) is 8.01. The Morgan fingerprint density at radius 3 is 2.73 bits per heavy atom. The number of anilines is 1. The highest BCUT2D eigenvalue weighted by atomic mass is 32.1. The maximum Gasteiger partial charge on any atom is 0.305 e. The lowest BCUT2D eigenvalue weighted by Gasteiger charge is -2.21. The SMILES string of the molecule is CC(C)c1csc(N(CCC(=O)O)Cc2ccccc2F)n1. The highest BCUT2D eigenvalue weighted by molar-refractivity contribution is 7.13. The van der Waals surface area contributed by atoms with E-state index in [1.807, 2.05) is 10.3 Å². The topological polar surface area (TPSA) is 53.4 Å². The maximum atomic E-state index is 13.8. The molecular formula is C16H19FN2O2S. The van der Waals surface area contributed by atoms with Gasteiger partial charge in [-0.1, -0.05) is 32.0 Å². The fourth-order valence-electron chi connectivity index (χ4n) is 1.99. The molecule has 0 saturated heterocycles. The summed E-state index contributed by atoms with van der Waals surface area (Å²) in [4.78, 5) is 17.2. The molecule has 0 aliphatic heterocycles. The summed E-state index contributed by atoms with van der Waals surface area (Å²) >= 11 is 1.46. The van der Waals surface area contributed by atoms with E-state index < -0.39 is 5.97 Å². The number of aliphatic carboxylic acids is 1. The van der Waals surface area contributed by atoms with Crippen LogP contribution in [0.2, 0.25) is 0 Å². The molecule has 6 heteroatoms. The molecule has 2 rings (SSSR count). The molecule has 2 aromatic rings. The number of benzene rings is 1. The van der Waals surface area contributed by atoms with Gasteiger partial charge in [-0.25, -0.2) is 9.37 Å². The molecule has 0 amide bonds. The third-order valence-electron chi connectivity index (χ3n) is 3.29. The Bertz CT molecular complexity index is 643. The molecule has 22 heavy (non-hydrogen) atoms. The van der Waals surface area contributed by atoms with Gasteiger partial charge in [0.2, 0.25) is 0 Å². The third-order valence-corrected chi connectivity index (χ3v) is 4.21. The van der Waals surface area contributed by atoms with Crippen molar-refractivity contribution in [2.75, 3.05) is 11.4 Å². The predicted octanol–water partition coefficient (Wildman–Crippen LogP) is 3.89. The molecule has 0 radical (unpaired) electrons. The smallest absolute Gasteiger partial charge is 0.305 e. The van der Waals surface area contributed by atoms with Crippen LogP contribution in [0.5, 0.6) is 0 Å². The minimum atomic E-state index is -0.876. The van der Waals surface area contributed by atoms with Crippen molar-refractivity contribution in [1.29, 1.82) is 0 Å². The first-order valence-electron chi connectivity index (χ1n) is 7.13. The van der Waals surface area contributed by atoms with Crippen molar-refractivity contribution in [2.24, 2.45) is 0 Å². The first-order chi connectivity index (χ1) is 10.5. The Hall–Kier alpha value is -1.95. The Labute approximate surface area is 133 Å².